The second-order valence-corrected chi connectivity index (χ2v) is 3.65. The Morgan fingerprint density at radius 2 is 2.18 bits per heavy atom. The lowest BCUT2D eigenvalue weighted by atomic mass is 10.1. The third-order valence-corrected chi connectivity index (χ3v) is 2.64. The molecule has 0 bridgehead atoms. The van der Waals surface area contributed by atoms with E-state index in [9.17, 15) is 13.9 Å². The molecule has 1 N–H and O–H groups in total. The Bertz CT molecular complexity index is 525. The Morgan fingerprint density at radius 3 is 2.88 bits per heavy atom. The zero-order valence-electron chi connectivity index (χ0n) is 9.27. The molecule has 3 nitrogen and oxygen atoms in total. The Morgan fingerprint density at radius 1 is 1.41 bits per heavy atom. The van der Waals surface area contributed by atoms with Gasteiger partial charge in [-0.2, -0.15) is 0 Å². The Labute approximate surface area is 97.3 Å². The van der Waals surface area contributed by atoms with Gasteiger partial charge in [-0.1, -0.05) is 12.1 Å². The molecule has 5 heteroatoms. The van der Waals surface area contributed by atoms with Crippen LogP contribution in [0.1, 0.15) is 24.3 Å². The smallest absolute Gasteiger partial charge is 0.165 e. The van der Waals surface area contributed by atoms with E-state index in [0.717, 1.165) is 6.07 Å². The van der Waals surface area contributed by atoms with Gasteiger partial charge in [-0.15, -0.1) is 0 Å². The van der Waals surface area contributed by atoms with E-state index >= 15 is 0 Å². The maximum absolute atomic E-state index is 13.5. The summed E-state index contributed by atoms with van der Waals surface area (Å²) in [6.07, 6.45) is 1.77. The number of hydrogen-bond acceptors (Lipinski definition) is 2. The summed E-state index contributed by atoms with van der Waals surface area (Å²) in [5.41, 5.74) is 0.359. The molecule has 0 saturated heterocycles. The molecule has 1 aromatic heterocycles. The highest BCUT2D eigenvalue weighted by atomic mass is 19.2. The van der Waals surface area contributed by atoms with Gasteiger partial charge in [0.15, 0.2) is 11.6 Å². The summed E-state index contributed by atoms with van der Waals surface area (Å²) in [6, 6.07) is 3.74. The largest absolute Gasteiger partial charge is 0.382 e. The van der Waals surface area contributed by atoms with Crippen LogP contribution in [-0.4, -0.2) is 14.7 Å². The second kappa shape index (κ2) is 4.63. The molecule has 0 fully saturated rings. The van der Waals surface area contributed by atoms with Crippen molar-refractivity contribution in [2.24, 2.45) is 0 Å². The van der Waals surface area contributed by atoms with Gasteiger partial charge in [0.2, 0.25) is 0 Å². The van der Waals surface area contributed by atoms with Crippen molar-refractivity contribution in [2.45, 2.75) is 19.6 Å². The topological polar surface area (TPSA) is 38.0 Å². The van der Waals surface area contributed by atoms with Crippen LogP contribution in [0.15, 0.2) is 30.7 Å². The predicted molar refractivity (Wildman–Crippen MR) is 58.3 cm³/mol. The lowest BCUT2D eigenvalue weighted by Gasteiger charge is -2.13. The van der Waals surface area contributed by atoms with Gasteiger partial charge in [-0.25, -0.2) is 13.8 Å². The molecular weight excluding hydrogens is 226 g/mol. The van der Waals surface area contributed by atoms with Crippen molar-refractivity contribution in [1.29, 1.82) is 0 Å². The van der Waals surface area contributed by atoms with Crippen LogP contribution < -0.4 is 0 Å². The lowest BCUT2D eigenvalue weighted by Crippen LogP contribution is -2.09. The van der Waals surface area contributed by atoms with E-state index in [1.54, 1.807) is 4.57 Å². The van der Waals surface area contributed by atoms with Crippen LogP contribution in [0.5, 0.6) is 0 Å². The lowest BCUT2D eigenvalue weighted by molar-refractivity contribution is 0.203. The fraction of sp³-hybridized carbons (Fsp3) is 0.250. The molecule has 0 radical (unpaired) electrons. The molecule has 0 spiro atoms. The van der Waals surface area contributed by atoms with Crippen LogP contribution in [0, 0.1) is 11.6 Å². The average molecular weight is 238 g/mol. The molecule has 0 aliphatic rings. The van der Waals surface area contributed by atoms with Crippen LogP contribution in [-0.2, 0) is 6.54 Å². The second-order valence-electron chi connectivity index (χ2n) is 3.65. The first-order valence-corrected chi connectivity index (χ1v) is 5.27. The third-order valence-electron chi connectivity index (χ3n) is 2.64. The van der Waals surface area contributed by atoms with Gasteiger partial charge in [0.1, 0.15) is 6.10 Å². The minimum absolute atomic E-state index is 0.0831. The number of nitrogens with zero attached hydrogens (tertiary/aromatic N) is 2. The maximum atomic E-state index is 13.5. The molecule has 90 valence electrons. The minimum atomic E-state index is -1.21. The summed E-state index contributed by atoms with van der Waals surface area (Å²) in [6.45, 7) is 2.48. The number of halogens is 2. The highest BCUT2D eigenvalue weighted by Gasteiger charge is 2.20. The van der Waals surface area contributed by atoms with Crippen molar-refractivity contribution in [3.05, 3.63) is 53.6 Å². The molecule has 0 aliphatic heterocycles. The molecular formula is C12H12F2N2O. The molecule has 1 unspecified atom stereocenters. The van der Waals surface area contributed by atoms with E-state index in [1.165, 1.54) is 24.7 Å². The van der Waals surface area contributed by atoms with Gasteiger partial charge < -0.3 is 9.67 Å². The standard InChI is InChI=1S/C12H12F2N2O/c1-2-16-7-15-6-10(16)12(17)8-4-3-5-9(13)11(8)14/h3-7,12,17H,2H2,1H3. The molecule has 1 heterocycles. The van der Waals surface area contributed by atoms with Gasteiger partial charge in [-0.05, 0) is 13.0 Å². The highest BCUT2D eigenvalue weighted by molar-refractivity contribution is 5.27. The molecule has 0 saturated carbocycles. The quantitative estimate of drug-likeness (QED) is 0.890. The van der Waals surface area contributed by atoms with Gasteiger partial charge >= 0.3 is 0 Å². The summed E-state index contributed by atoms with van der Waals surface area (Å²) in [7, 11) is 0. The first-order chi connectivity index (χ1) is 8.15. The SMILES string of the molecule is CCn1cncc1C(O)c1cccc(F)c1F. The fourth-order valence-electron chi connectivity index (χ4n) is 1.71. The number of rotatable bonds is 3. The maximum Gasteiger partial charge on any atom is 0.165 e. The zero-order chi connectivity index (χ0) is 12.4. The van der Waals surface area contributed by atoms with Crippen molar-refractivity contribution >= 4 is 0 Å². The molecule has 2 rings (SSSR count). The van der Waals surface area contributed by atoms with Crippen molar-refractivity contribution in [3.8, 4) is 0 Å². The number of aryl methyl sites for hydroxylation is 1. The number of hydrogen-bond donors (Lipinski definition) is 1. The van der Waals surface area contributed by atoms with Crippen molar-refractivity contribution < 1.29 is 13.9 Å². The molecule has 17 heavy (non-hydrogen) atoms. The fourth-order valence-corrected chi connectivity index (χ4v) is 1.71. The normalized spacial score (nSPS) is 12.7. The van der Waals surface area contributed by atoms with Gasteiger partial charge in [0, 0.05) is 12.1 Å². The number of aliphatic hydroxyl groups excluding tert-OH is 1. The van der Waals surface area contributed by atoms with Gasteiger partial charge in [-0.3, -0.25) is 0 Å². The van der Waals surface area contributed by atoms with Gasteiger partial charge in [0.05, 0.1) is 18.2 Å². The van der Waals surface area contributed by atoms with E-state index < -0.39 is 17.7 Å². The van der Waals surface area contributed by atoms with Crippen LogP contribution >= 0.6 is 0 Å². The summed E-state index contributed by atoms with van der Waals surface area (Å²) < 4.78 is 28.2. The number of aliphatic hydroxyl groups is 1. The summed E-state index contributed by atoms with van der Waals surface area (Å²) in [5.74, 6) is -1.99. The van der Waals surface area contributed by atoms with E-state index in [2.05, 4.69) is 4.98 Å². The van der Waals surface area contributed by atoms with E-state index in [0.29, 0.717) is 12.2 Å². The average Bonchev–Trinajstić information content (AvgIpc) is 2.80. The molecule has 1 atom stereocenters. The highest BCUT2D eigenvalue weighted by Crippen LogP contribution is 2.25. The summed E-state index contributed by atoms with van der Waals surface area (Å²) >= 11 is 0. The Balaban J connectivity index is 2.44. The Kier molecular flexibility index (Phi) is 3.19. The minimum Gasteiger partial charge on any atom is -0.382 e. The van der Waals surface area contributed by atoms with Crippen LogP contribution in [0.4, 0.5) is 8.78 Å². The summed E-state index contributed by atoms with van der Waals surface area (Å²) in [4.78, 5) is 3.88. The third kappa shape index (κ3) is 2.06. The van der Waals surface area contributed by atoms with Crippen LogP contribution in [0.3, 0.4) is 0 Å². The molecule has 0 amide bonds. The van der Waals surface area contributed by atoms with Crippen molar-refractivity contribution in [2.75, 3.05) is 0 Å². The Hall–Kier alpha value is -1.75. The van der Waals surface area contributed by atoms with Crippen molar-refractivity contribution in [3.63, 3.8) is 0 Å². The van der Waals surface area contributed by atoms with E-state index in [4.69, 9.17) is 0 Å². The van der Waals surface area contributed by atoms with Gasteiger partial charge in [0.25, 0.3) is 0 Å². The summed E-state index contributed by atoms with van der Waals surface area (Å²) in [5, 5.41) is 10.0. The monoisotopic (exact) mass is 238 g/mol. The van der Waals surface area contributed by atoms with Crippen LogP contribution in [0.25, 0.3) is 0 Å². The van der Waals surface area contributed by atoms with E-state index in [-0.39, 0.29) is 5.56 Å². The first kappa shape index (κ1) is 11.7. The molecule has 1 aromatic carbocycles. The molecule has 2 aromatic rings. The number of aromatic nitrogens is 2. The first-order valence-electron chi connectivity index (χ1n) is 5.27. The van der Waals surface area contributed by atoms with Crippen molar-refractivity contribution in [1.82, 2.24) is 9.55 Å². The van der Waals surface area contributed by atoms with E-state index in [1.807, 2.05) is 6.92 Å². The number of imidazole rings is 1. The van der Waals surface area contributed by atoms with Crippen LogP contribution in [0.2, 0.25) is 0 Å². The predicted octanol–water partition coefficient (Wildman–Crippen LogP) is 2.26. The molecule has 0 aliphatic carbocycles. The number of benzene rings is 1. The zero-order valence-corrected chi connectivity index (χ0v) is 9.27.